The van der Waals surface area contributed by atoms with Crippen LogP contribution >= 0.6 is 7.29 Å². The van der Waals surface area contributed by atoms with E-state index in [4.69, 9.17) is 9.47 Å². The standard InChI is InChI=1S/C20H15F5NO3P/c1-28-11-3-7-13(8-4-11)30(27,14-9-5-12(29-2)6-10-14)26-20-18(24)16(22)15(21)17(23)19(20)25/h3-10H,1-2H3,(H,26,27). The van der Waals surface area contributed by atoms with E-state index in [0.717, 1.165) is 0 Å². The van der Waals surface area contributed by atoms with E-state index in [-0.39, 0.29) is 10.6 Å². The fourth-order valence-electron chi connectivity index (χ4n) is 2.72. The first kappa shape index (κ1) is 21.6. The van der Waals surface area contributed by atoms with Gasteiger partial charge in [-0.2, -0.15) is 0 Å². The molecule has 0 amide bonds. The van der Waals surface area contributed by atoms with Gasteiger partial charge in [0.25, 0.3) is 0 Å². The van der Waals surface area contributed by atoms with Crippen molar-refractivity contribution in [2.75, 3.05) is 19.3 Å². The third-order valence-electron chi connectivity index (χ3n) is 4.35. The maximum absolute atomic E-state index is 14.3. The Labute approximate surface area is 168 Å². The molecule has 0 saturated heterocycles. The van der Waals surface area contributed by atoms with Gasteiger partial charge in [0, 0.05) is 10.6 Å². The molecule has 3 aromatic carbocycles. The first-order chi connectivity index (χ1) is 14.2. The Hall–Kier alpha value is -3.06. The predicted molar refractivity (Wildman–Crippen MR) is 103 cm³/mol. The molecule has 10 heteroatoms. The summed E-state index contributed by atoms with van der Waals surface area (Å²) < 4.78 is 93.2. The summed E-state index contributed by atoms with van der Waals surface area (Å²) >= 11 is 0. The van der Waals surface area contributed by atoms with Crippen LogP contribution in [0.1, 0.15) is 0 Å². The average molecular weight is 443 g/mol. The summed E-state index contributed by atoms with van der Waals surface area (Å²) in [7, 11) is -1.30. The van der Waals surface area contributed by atoms with Gasteiger partial charge in [0.1, 0.15) is 17.2 Å². The summed E-state index contributed by atoms with van der Waals surface area (Å²) in [5.41, 5.74) is -1.39. The van der Waals surface area contributed by atoms with E-state index in [2.05, 4.69) is 5.09 Å². The van der Waals surface area contributed by atoms with Gasteiger partial charge in [-0.3, -0.25) is 4.57 Å². The Kier molecular flexibility index (Phi) is 6.03. The topological polar surface area (TPSA) is 47.6 Å². The first-order valence-electron chi connectivity index (χ1n) is 8.42. The number of hydrogen-bond acceptors (Lipinski definition) is 3. The zero-order valence-electron chi connectivity index (χ0n) is 15.7. The second kappa shape index (κ2) is 8.36. The van der Waals surface area contributed by atoms with Crippen molar-refractivity contribution in [3.63, 3.8) is 0 Å². The fraction of sp³-hybridized carbons (Fsp3) is 0.100. The fourth-order valence-corrected chi connectivity index (χ4v) is 4.93. The highest BCUT2D eigenvalue weighted by atomic mass is 31.2. The molecule has 3 rings (SSSR count). The van der Waals surface area contributed by atoms with Crippen LogP contribution in [-0.2, 0) is 4.57 Å². The van der Waals surface area contributed by atoms with Crippen molar-refractivity contribution in [3.8, 4) is 11.5 Å². The quantitative estimate of drug-likeness (QED) is 0.259. The van der Waals surface area contributed by atoms with Crippen molar-refractivity contribution in [2.45, 2.75) is 0 Å². The Morgan fingerprint density at radius 2 is 0.967 bits per heavy atom. The highest BCUT2D eigenvalue weighted by Crippen LogP contribution is 2.46. The van der Waals surface area contributed by atoms with Gasteiger partial charge in [-0.1, -0.05) is 0 Å². The van der Waals surface area contributed by atoms with Crippen molar-refractivity contribution >= 4 is 23.6 Å². The second-order valence-corrected chi connectivity index (χ2v) is 8.54. The van der Waals surface area contributed by atoms with Gasteiger partial charge >= 0.3 is 0 Å². The second-order valence-electron chi connectivity index (χ2n) is 6.06. The molecule has 0 bridgehead atoms. The minimum Gasteiger partial charge on any atom is -0.497 e. The van der Waals surface area contributed by atoms with Crippen LogP contribution in [0.5, 0.6) is 11.5 Å². The van der Waals surface area contributed by atoms with Crippen molar-refractivity contribution in [1.29, 1.82) is 0 Å². The van der Waals surface area contributed by atoms with E-state index >= 15 is 0 Å². The summed E-state index contributed by atoms with van der Waals surface area (Å²) in [5.74, 6) is -10.0. The monoisotopic (exact) mass is 443 g/mol. The first-order valence-corrected chi connectivity index (χ1v) is 10.1. The molecule has 0 heterocycles. The number of hydrogen-bond donors (Lipinski definition) is 1. The van der Waals surface area contributed by atoms with Crippen LogP contribution in [0.2, 0.25) is 0 Å². The maximum Gasteiger partial charge on any atom is 0.227 e. The van der Waals surface area contributed by atoms with Crippen LogP contribution in [0.4, 0.5) is 27.6 Å². The molecule has 0 spiro atoms. The van der Waals surface area contributed by atoms with Gasteiger partial charge in [-0.15, -0.1) is 0 Å². The molecule has 0 aliphatic rings. The molecule has 1 N–H and O–H groups in total. The number of rotatable bonds is 6. The number of anilines is 1. The molecule has 0 saturated carbocycles. The van der Waals surface area contributed by atoms with Gasteiger partial charge in [-0.25, -0.2) is 22.0 Å². The highest BCUT2D eigenvalue weighted by molar-refractivity contribution is 7.80. The van der Waals surface area contributed by atoms with Gasteiger partial charge in [-0.05, 0) is 48.5 Å². The molecule has 158 valence electrons. The third kappa shape index (κ3) is 3.73. The smallest absolute Gasteiger partial charge is 0.227 e. The van der Waals surface area contributed by atoms with Crippen molar-refractivity contribution in [2.24, 2.45) is 0 Å². The van der Waals surface area contributed by atoms with Gasteiger partial charge in [0.2, 0.25) is 13.1 Å². The molecule has 4 nitrogen and oxygen atoms in total. The Morgan fingerprint density at radius 3 is 1.30 bits per heavy atom. The predicted octanol–water partition coefficient (Wildman–Crippen LogP) is 4.74. The molecular weight excluding hydrogens is 428 g/mol. The lowest BCUT2D eigenvalue weighted by Crippen LogP contribution is -2.23. The van der Waals surface area contributed by atoms with Crippen molar-refractivity contribution < 1.29 is 36.0 Å². The zero-order chi connectivity index (χ0) is 22.1. The van der Waals surface area contributed by atoms with E-state index in [9.17, 15) is 26.5 Å². The molecule has 3 aromatic rings. The Morgan fingerprint density at radius 1 is 0.633 bits per heavy atom. The van der Waals surface area contributed by atoms with E-state index < -0.39 is 42.1 Å². The molecule has 0 unspecified atom stereocenters. The average Bonchev–Trinajstić information content (AvgIpc) is 2.79. The lowest BCUT2D eigenvalue weighted by molar-refractivity contribution is 0.382. The molecule has 30 heavy (non-hydrogen) atoms. The summed E-state index contributed by atoms with van der Waals surface area (Å²) in [5, 5.41) is 2.19. The third-order valence-corrected chi connectivity index (χ3v) is 6.94. The lowest BCUT2D eigenvalue weighted by atomic mass is 10.2. The minimum atomic E-state index is -4.11. The van der Waals surface area contributed by atoms with E-state index in [0.29, 0.717) is 11.5 Å². The van der Waals surface area contributed by atoms with Crippen LogP contribution in [0.3, 0.4) is 0 Å². The molecule has 0 radical (unpaired) electrons. The Balaban J connectivity index is 2.21. The highest BCUT2D eigenvalue weighted by Gasteiger charge is 2.33. The number of methoxy groups -OCH3 is 2. The van der Waals surface area contributed by atoms with E-state index in [1.165, 1.54) is 62.8 Å². The van der Waals surface area contributed by atoms with Gasteiger partial charge < -0.3 is 14.6 Å². The molecule has 0 aliphatic carbocycles. The maximum atomic E-state index is 14.3. The normalized spacial score (nSPS) is 11.3. The Bertz CT molecular complexity index is 1040. The van der Waals surface area contributed by atoms with Crippen LogP contribution in [-0.4, -0.2) is 14.2 Å². The van der Waals surface area contributed by atoms with Crippen LogP contribution < -0.4 is 25.2 Å². The van der Waals surface area contributed by atoms with Gasteiger partial charge in [0.05, 0.1) is 14.2 Å². The lowest BCUT2D eigenvalue weighted by Gasteiger charge is -2.23. The van der Waals surface area contributed by atoms with Crippen LogP contribution in [0, 0.1) is 29.1 Å². The largest absolute Gasteiger partial charge is 0.497 e. The molecule has 0 aromatic heterocycles. The van der Waals surface area contributed by atoms with Crippen LogP contribution in [0.15, 0.2) is 48.5 Å². The minimum absolute atomic E-state index is 0.0532. The number of halogens is 5. The number of nitrogens with one attached hydrogen (secondary N) is 1. The summed E-state index contributed by atoms with van der Waals surface area (Å²) in [6, 6.07) is 11.3. The molecule has 0 atom stereocenters. The number of ether oxygens (including phenoxy) is 2. The van der Waals surface area contributed by atoms with Crippen LogP contribution in [0.25, 0.3) is 0 Å². The van der Waals surface area contributed by atoms with Gasteiger partial charge in [0.15, 0.2) is 23.3 Å². The zero-order valence-corrected chi connectivity index (χ0v) is 16.6. The molecule has 0 fully saturated rings. The van der Waals surface area contributed by atoms with Crippen molar-refractivity contribution in [1.82, 2.24) is 0 Å². The number of benzene rings is 3. The van der Waals surface area contributed by atoms with Crippen molar-refractivity contribution in [3.05, 3.63) is 77.6 Å². The summed E-state index contributed by atoms with van der Waals surface area (Å²) in [6.45, 7) is 0. The SMILES string of the molecule is COc1ccc(P(=O)(Nc2c(F)c(F)c(F)c(F)c2F)c2ccc(OC)cc2)cc1. The van der Waals surface area contributed by atoms with E-state index in [1.54, 1.807) is 0 Å². The van der Waals surface area contributed by atoms with E-state index in [1.807, 2.05) is 0 Å². The summed E-state index contributed by atoms with van der Waals surface area (Å²) in [4.78, 5) is 0. The molecule has 0 aliphatic heterocycles. The molecular formula is C20H15F5NO3P. The summed E-state index contributed by atoms with van der Waals surface area (Å²) in [6.07, 6.45) is 0.